The van der Waals surface area contributed by atoms with Gasteiger partial charge in [0.05, 0.1) is 18.8 Å². The number of benzene rings is 1. The lowest BCUT2D eigenvalue weighted by molar-refractivity contribution is 0.0634. The number of aromatic nitrogens is 2. The van der Waals surface area contributed by atoms with E-state index in [2.05, 4.69) is 10.4 Å². The van der Waals surface area contributed by atoms with E-state index in [1.165, 1.54) is 0 Å². The molecule has 0 atom stereocenters. The van der Waals surface area contributed by atoms with Gasteiger partial charge in [0.15, 0.2) is 0 Å². The number of nitrogens with zero attached hydrogens (tertiary/aromatic N) is 2. The molecule has 0 saturated heterocycles. The molecule has 0 bridgehead atoms. The predicted octanol–water partition coefficient (Wildman–Crippen LogP) is 2.89. The summed E-state index contributed by atoms with van der Waals surface area (Å²) >= 11 is 0. The highest BCUT2D eigenvalue weighted by atomic mass is 16.6. The molecule has 6 nitrogen and oxygen atoms in total. The highest BCUT2D eigenvalue weighted by Gasteiger charge is 2.18. The quantitative estimate of drug-likeness (QED) is 0.910. The van der Waals surface area contributed by atoms with E-state index in [1.807, 2.05) is 30.3 Å². The largest absolute Gasteiger partial charge is 0.444 e. The van der Waals surface area contributed by atoms with Crippen LogP contribution >= 0.6 is 0 Å². The van der Waals surface area contributed by atoms with Crippen LogP contribution in [-0.4, -0.2) is 33.2 Å². The van der Waals surface area contributed by atoms with Crippen LogP contribution in [0.5, 0.6) is 0 Å². The zero-order valence-electron chi connectivity index (χ0n) is 13.0. The molecule has 0 unspecified atom stereocenters. The van der Waals surface area contributed by atoms with E-state index < -0.39 is 11.7 Å². The molecule has 2 N–H and O–H groups in total. The Bertz CT molecular complexity index is 630. The fourth-order valence-corrected chi connectivity index (χ4v) is 1.94. The van der Waals surface area contributed by atoms with Gasteiger partial charge in [-0.05, 0) is 20.8 Å². The smallest absolute Gasteiger partial charge is 0.413 e. The van der Waals surface area contributed by atoms with E-state index >= 15 is 0 Å². The van der Waals surface area contributed by atoms with Gasteiger partial charge in [-0.2, -0.15) is 5.10 Å². The monoisotopic (exact) mass is 303 g/mol. The van der Waals surface area contributed by atoms with Gasteiger partial charge in [-0.25, -0.2) is 9.48 Å². The number of amides is 1. The molecule has 1 aromatic heterocycles. The summed E-state index contributed by atoms with van der Waals surface area (Å²) in [7, 11) is 0. The molecular formula is C16H21N3O3. The zero-order valence-corrected chi connectivity index (χ0v) is 13.0. The molecule has 0 aliphatic rings. The molecule has 1 amide bonds. The van der Waals surface area contributed by atoms with Gasteiger partial charge in [0, 0.05) is 11.6 Å². The third kappa shape index (κ3) is 4.33. The Kier molecular flexibility index (Phi) is 4.82. The summed E-state index contributed by atoms with van der Waals surface area (Å²) in [6.45, 7) is 5.61. The number of aliphatic hydroxyl groups is 1. The molecule has 1 heterocycles. The number of carbonyl (C=O) groups excluding carboxylic acids is 1. The summed E-state index contributed by atoms with van der Waals surface area (Å²) in [5.74, 6) is 0.488. The van der Waals surface area contributed by atoms with Gasteiger partial charge in [-0.3, -0.25) is 5.32 Å². The minimum atomic E-state index is -0.575. The summed E-state index contributed by atoms with van der Waals surface area (Å²) in [5.41, 5.74) is 1.08. The number of ether oxygens (including phenoxy) is 1. The minimum Gasteiger partial charge on any atom is -0.444 e. The summed E-state index contributed by atoms with van der Waals surface area (Å²) in [5, 5.41) is 16.2. The zero-order chi connectivity index (χ0) is 16.2. The van der Waals surface area contributed by atoms with Crippen LogP contribution in [0.1, 0.15) is 20.8 Å². The maximum atomic E-state index is 11.9. The second kappa shape index (κ2) is 6.62. The third-order valence-corrected chi connectivity index (χ3v) is 2.79. The lowest BCUT2D eigenvalue weighted by atomic mass is 10.2. The number of hydrogen-bond acceptors (Lipinski definition) is 4. The first-order chi connectivity index (χ1) is 10.4. The van der Waals surface area contributed by atoms with Gasteiger partial charge in [0.2, 0.25) is 0 Å². The molecular weight excluding hydrogens is 282 g/mol. The fraction of sp³-hybridized carbons (Fsp3) is 0.375. The Morgan fingerprint density at radius 2 is 2.00 bits per heavy atom. The Labute approximate surface area is 129 Å². The van der Waals surface area contributed by atoms with Crippen molar-refractivity contribution in [3.8, 4) is 11.3 Å². The average molecular weight is 303 g/mol. The molecule has 0 fully saturated rings. The molecule has 22 heavy (non-hydrogen) atoms. The Morgan fingerprint density at radius 3 is 2.59 bits per heavy atom. The molecule has 2 aromatic rings. The minimum absolute atomic E-state index is 0.0705. The first-order valence-corrected chi connectivity index (χ1v) is 7.13. The SMILES string of the molecule is CC(C)(C)OC(=O)Nc1cc(-c2ccccc2)nn1CCO. The maximum absolute atomic E-state index is 11.9. The van der Waals surface area contributed by atoms with Gasteiger partial charge >= 0.3 is 6.09 Å². The van der Waals surface area contributed by atoms with Crippen LogP contribution in [0.25, 0.3) is 11.3 Å². The van der Waals surface area contributed by atoms with Crippen molar-refractivity contribution in [1.29, 1.82) is 0 Å². The third-order valence-electron chi connectivity index (χ3n) is 2.79. The number of aliphatic hydroxyl groups excluding tert-OH is 1. The molecule has 1 aromatic carbocycles. The number of nitrogens with one attached hydrogen (secondary N) is 1. The van der Waals surface area contributed by atoms with Crippen LogP contribution in [0, 0.1) is 0 Å². The van der Waals surface area contributed by atoms with Crippen LogP contribution in [0.4, 0.5) is 10.6 Å². The number of rotatable bonds is 4. The van der Waals surface area contributed by atoms with Crippen molar-refractivity contribution in [3.63, 3.8) is 0 Å². The molecule has 118 valence electrons. The van der Waals surface area contributed by atoms with E-state index in [4.69, 9.17) is 9.84 Å². The molecule has 6 heteroatoms. The van der Waals surface area contributed by atoms with Crippen LogP contribution in [0.2, 0.25) is 0 Å². The lowest BCUT2D eigenvalue weighted by Crippen LogP contribution is -2.28. The first-order valence-electron chi connectivity index (χ1n) is 7.13. The molecule has 0 spiro atoms. The molecule has 2 rings (SSSR count). The van der Waals surface area contributed by atoms with Crippen molar-refractivity contribution in [3.05, 3.63) is 36.4 Å². The molecule has 0 saturated carbocycles. The van der Waals surface area contributed by atoms with Crippen LogP contribution in [-0.2, 0) is 11.3 Å². The van der Waals surface area contributed by atoms with E-state index in [0.29, 0.717) is 5.82 Å². The molecule has 0 aliphatic heterocycles. The number of carbonyl (C=O) groups is 1. The second-order valence-corrected chi connectivity index (χ2v) is 5.85. The van der Waals surface area contributed by atoms with Crippen molar-refractivity contribution < 1.29 is 14.6 Å². The van der Waals surface area contributed by atoms with Gasteiger partial charge in [0.1, 0.15) is 11.4 Å². The van der Waals surface area contributed by atoms with Gasteiger partial charge in [0.25, 0.3) is 0 Å². The normalized spacial score (nSPS) is 11.3. The van der Waals surface area contributed by atoms with E-state index in [9.17, 15) is 4.79 Å². The van der Waals surface area contributed by atoms with Gasteiger partial charge in [-0.1, -0.05) is 30.3 Å². The van der Waals surface area contributed by atoms with Gasteiger partial charge < -0.3 is 9.84 Å². The molecule has 0 aliphatic carbocycles. The van der Waals surface area contributed by atoms with Crippen molar-refractivity contribution in [2.24, 2.45) is 0 Å². The van der Waals surface area contributed by atoms with Crippen molar-refractivity contribution in [2.45, 2.75) is 32.9 Å². The highest BCUT2D eigenvalue weighted by molar-refractivity contribution is 5.84. The summed E-state index contributed by atoms with van der Waals surface area (Å²) in [6, 6.07) is 11.4. The van der Waals surface area contributed by atoms with Crippen molar-refractivity contribution in [1.82, 2.24) is 9.78 Å². The van der Waals surface area contributed by atoms with E-state index in [1.54, 1.807) is 31.5 Å². The standard InChI is InChI=1S/C16H21N3O3/c1-16(2,3)22-15(21)17-14-11-13(18-19(14)9-10-20)12-7-5-4-6-8-12/h4-8,11,20H,9-10H2,1-3H3,(H,17,21). The van der Waals surface area contributed by atoms with Crippen LogP contribution in [0.15, 0.2) is 36.4 Å². The van der Waals surface area contributed by atoms with Crippen LogP contribution < -0.4 is 5.32 Å². The first kappa shape index (κ1) is 16.0. The summed E-state index contributed by atoms with van der Waals surface area (Å²) < 4.78 is 6.78. The Balaban J connectivity index is 2.23. The van der Waals surface area contributed by atoms with Crippen molar-refractivity contribution >= 4 is 11.9 Å². The summed E-state index contributed by atoms with van der Waals surface area (Å²) in [6.07, 6.45) is -0.550. The van der Waals surface area contributed by atoms with Gasteiger partial charge in [-0.15, -0.1) is 0 Å². The fourth-order valence-electron chi connectivity index (χ4n) is 1.94. The maximum Gasteiger partial charge on any atom is 0.413 e. The Morgan fingerprint density at radius 1 is 1.32 bits per heavy atom. The molecule has 0 radical (unpaired) electrons. The predicted molar refractivity (Wildman–Crippen MR) is 84.6 cm³/mol. The average Bonchev–Trinajstić information content (AvgIpc) is 2.81. The summed E-state index contributed by atoms with van der Waals surface area (Å²) in [4.78, 5) is 11.9. The second-order valence-electron chi connectivity index (χ2n) is 5.85. The van der Waals surface area contributed by atoms with E-state index in [-0.39, 0.29) is 13.2 Å². The van der Waals surface area contributed by atoms with E-state index in [0.717, 1.165) is 11.3 Å². The topological polar surface area (TPSA) is 76.4 Å². The highest BCUT2D eigenvalue weighted by Crippen LogP contribution is 2.22. The Hall–Kier alpha value is -2.34. The number of anilines is 1. The van der Waals surface area contributed by atoms with Crippen LogP contribution in [0.3, 0.4) is 0 Å². The number of hydrogen-bond donors (Lipinski definition) is 2. The lowest BCUT2D eigenvalue weighted by Gasteiger charge is -2.19. The van der Waals surface area contributed by atoms with Crippen molar-refractivity contribution in [2.75, 3.05) is 11.9 Å².